The van der Waals surface area contributed by atoms with Crippen LogP contribution in [0.2, 0.25) is 0 Å². The molecule has 2 saturated heterocycles. The lowest BCUT2D eigenvalue weighted by atomic mass is 9.95. The number of rotatable bonds is 3. The Bertz CT molecular complexity index is 401. The maximum Gasteiger partial charge on any atom is 0.227 e. The molecule has 0 aromatic carbocycles. The van der Waals surface area contributed by atoms with Crippen LogP contribution in [0.1, 0.15) is 44.9 Å². The van der Waals surface area contributed by atoms with Crippen LogP contribution in [0.25, 0.3) is 0 Å². The highest BCUT2D eigenvalue weighted by Gasteiger charge is 2.32. The van der Waals surface area contributed by atoms with Crippen LogP contribution in [0, 0.1) is 11.8 Å². The van der Waals surface area contributed by atoms with Crippen LogP contribution in [0.15, 0.2) is 0 Å². The molecule has 0 N–H and O–H groups in total. The first kappa shape index (κ1) is 15.8. The fraction of sp³-hybridized carbons (Fsp3) is 0.882. The predicted octanol–water partition coefficient (Wildman–Crippen LogP) is 1.66. The molecule has 5 nitrogen and oxygen atoms in total. The number of carbonyl (C=O) groups excluding carboxylic acids is 2. The first-order valence-corrected chi connectivity index (χ1v) is 8.88. The Morgan fingerprint density at radius 3 is 2.36 bits per heavy atom. The second-order valence-corrected chi connectivity index (χ2v) is 6.97. The number of likely N-dealkylation sites (tertiary alicyclic amines) is 1. The average Bonchev–Trinajstić information content (AvgIpc) is 3.08. The largest absolute Gasteiger partial charge is 0.378 e. The summed E-state index contributed by atoms with van der Waals surface area (Å²) in [6.07, 6.45) is 7.52. The zero-order valence-electron chi connectivity index (χ0n) is 13.5. The molecule has 2 aliphatic heterocycles. The van der Waals surface area contributed by atoms with E-state index in [1.54, 1.807) is 0 Å². The molecular weight excluding hydrogens is 280 g/mol. The van der Waals surface area contributed by atoms with E-state index < -0.39 is 0 Å². The first-order chi connectivity index (χ1) is 10.7. The van der Waals surface area contributed by atoms with Crippen molar-refractivity contribution in [1.82, 2.24) is 9.80 Å². The number of morpholine rings is 1. The Labute approximate surface area is 133 Å². The SMILES string of the molecule is O=C(CC1CCCC1)N1CCCC(C(=O)N2CCOCC2)C1. The van der Waals surface area contributed by atoms with Gasteiger partial charge >= 0.3 is 0 Å². The standard InChI is InChI=1S/C17H28N2O3/c20-16(12-14-4-1-2-5-14)19-7-3-6-15(13-19)17(21)18-8-10-22-11-9-18/h14-15H,1-13H2. The molecule has 0 aromatic rings. The van der Waals surface area contributed by atoms with E-state index in [1.807, 2.05) is 9.80 Å². The predicted molar refractivity (Wildman–Crippen MR) is 83.3 cm³/mol. The molecule has 22 heavy (non-hydrogen) atoms. The van der Waals surface area contributed by atoms with Gasteiger partial charge in [-0.3, -0.25) is 9.59 Å². The topological polar surface area (TPSA) is 49.9 Å². The monoisotopic (exact) mass is 308 g/mol. The smallest absolute Gasteiger partial charge is 0.227 e. The summed E-state index contributed by atoms with van der Waals surface area (Å²) in [5, 5.41) is 0. The quantitative estimate of drug-likeness (QED) is 0.797. The zero-order chi connectivity index (χ0) is 15.4. The van der Waals surface area contributed by atoms with Gasteiger partial charge in [-0.1, -0.05) is 12.8 Å². The summed E-state index contributed by atoms with van der Waals surface area (Å²) in [5.41, 5.74) is 0. The third-order valence-electron chi connectivity index (χ3n) is 5.38. The second kappa shape index (κ2) is 7.44. The average molecular weight is 308 g/mol. The number of ether oxygens (including phenoxy) is 1. The van der Waals surface area contributed by atoms with E-state index >= 15 is 0 Å². The Balaban J connectivity index is 1.51. The summed E-state index contributed by atoms with van der Waals surface area (Å²) in [4.78, 5) is 28.9. The Morgan fingerprint density at radius 1 is 0.909 bits per heavy atom. The fourth-order valence-electron chi connectivity index (χ4n) is 4.04. The lowest BCUT2D eigenvalue weighted by Gasteiger charge is -2.36. The van der Waals surface area contributed by atoms with E-state index in [-0.39, 0.29) is 17.7 Å². The molecule has 0 spiro atoms. The molecule has 1 aliphatic carbocycles. The molecule has 124 valence electrons. The van der Waals surface area contributed by atoms with Crippen LogP contribution in [-0.4, -0.2) is 61.0 Å². The van der Waals surface area contributed by atoms with E-state index in [4.69, 9.17) is 4.74 Å². The first-order valence-electron chi connectivity index (χ1n) is 8.88. The van der Waals surface area contributed by atoms with Crippen LogP contribution in [-0.2, 0) is 14.3 Å². The highest BCUT2D eigenvalue weighted by Crippen LogP contribution is 2.29. The second-order valence-electron chi connectivity index (χ2n) is 6.97. The van der Waals surface area contributed by atoms with Crippen molar-refractivity contribution >= 4 is 11.8 Å². The van der Waals surface area contributed by atoms with Crippen LogP contribution < -0.4 is 0 Å². The molecule has 0 aromatic heterocycles. The number of nitrogens with zero attached hydrogens (tertiary/aromatic N) is 2. The molecule has 2 heterocycles. The van der Waals surface area contributed by atoms with Gasteiger partial charge in [0.15, 0.2) is 0 Å². The highest BCUT2D eigenvalue weighted by molar-refractivity contribution is 5.81. The van der Waals surface area contributed by atoms with Crippen molar-refractivity contribution in [3.05, 3.63) is 0 Å². The van der Waals surface area contributed by atoms with Crippen molar-refractivity contribution in [1.29, 1.82) is 0 Å². The highest BCUT2D eigenvalue weighted by atomic mass is 16.5. The molecule has 1 atom stereocenters. The van der Waals surface area contributed by atoms with E-state index in [9.17, 15) is 9.59 Å². The van der Waals surface area contributed by atoms with Crippen LogP contribution >= 0.6 is 0 Å². The molecule has 5 heteroatoms. The number of hydrogen-bond donors (Lipinski definition) is 0. The van der Waals surface area contributed by atoms with Crippen LogP contribution in [0.3, 0.4) is 0 Å². The van der Waals surface area contributed by atoms with E-state index in [0.29, 0.717) is 45.2 Å². The van der Waals surface area contributed by atoms with E-state index in [2.05, 4.69) is 0 Å². The molecule has 3 rings (SSSR count). The summed E-state index contributed by atoms with van der Waals surface area (Å²) < 4.78 is 5.31. The van der Waals surface area contributed by atoms with Crippen molar-refractivity contribution < 1.29 is 14.3 Å². The van der Waals surface area contributed by atoms with Gasteiger partial charge in [-0.05, 0) is 31.6 Å². The van der Waals surface area contributed by atoms with Gasteiger partial charge in [-0.25, -0.2) is 0 Å². The molecular formula is C17H28N2O3. The number of carbonyl (C=O) groups is 2. The number of hydrogen-bond acceptors (Lipinski definition) is 3. The number of amides is 2. The molecule has 0 bridgehead atoms. The summed E-state index contributed by atoms with van der Waals surface area (Å²) in [7, 11) is 0. The lowest BCUT2D eigenvalue weighted by molar-refractivity contribution is -0.144. The summed E-state index contributed by atoms with van der Waals surface area (Å²) >= 11 is 0. The molecule has 3 aliphatic rings. The van der Waals surface area contributed by atoms with Gasteiger partial charge in [0, 0.05) is 32.6 Å². The Morgan fingerprint density at radius 2 is 1.64 bits per heavy atom. The zero-order valence-corrected chi connectivity index (χ0v) is 13.5. The van der Waals surface area contributed by atoms with Gasteiger partial charge in [0.1, 0.15) is 0 Å². The van der Waals surface area contributed by atoms with Gasteiger partial charge in [0.2, 0.25) is 11.8 Å². The van der Waals surface area contributed by atoms with Crippen molar-refractivity contribution in [2.75, 3.05) is 39.4 Å². The summed E-state index contributed by atoms with van der Waals surface area (Å²) in [6.45, 7) is 4.14. The van der Waals surface area contributed by atoms with Crippen molar-refractivity contribution in [3.63, 3.8) is 0 Å². The van der Waals surface area contributed by atoms with E-state index in [0.717, 1.165) is 19.4 Å². The summed E-state index contributed by atoms with van der Waals surface area (Å²) in [6, 6.07) is 0. The minimum atomic E-state index is -0.000576. The summed E-state index contributed by atoms with van der Waals surface area (Å²) in [5.74, 6) is 1.08. The minimum absolute atomic E-state index is 0.000576. The van der Waals surface area contributed by atoms with E-state index in [1.165, 1.54) is 25.7 Å². The normalized spacial score (nSPS) is 27.2. The molecule has 2 amide bonds. The maximum atomic E-state index is 12.6. The van der Waals surface area contributed by atoms with Crippen molar-refractivity contribution in [2.45, 2.75) is 44.9 Å². The lowest BCUT2D eigenvalue weighted by Crippen LogP contribution is -2.49. The molecule has 1 unspecified atom stereocenters. The molecule has 0 radical (unpaired) electrons. The van der Waals surface area contributed by atoms with Crippen molar-refractivity contribution in [2.24, 2.45) is 11.8 Å². The third-order valence-corrected chi connectivity index (χ3v) is 5.38. The molecule has 3 fully saturated rings. The Hall–Kier alpha value is -1.10. The van der Waals surface area contributed by atoms with Crippen LogP contribution in [0.5, 0.6) is 0 Å². The fourth-order valence-corrected chi connectivity index (χ4v) is 4.04. The van der Waals surface area contributed by atoms with Gasteiger partial charge in [0.25, 0.3) is 0 Å². The third kappa shape index (κ3) is 3.80. The molecule has 1 saturated carbocycles. The van der Waals surface area contributed by atoms with Gasteiger partial charge in [-0.15, -0.1) is 0 Å². The van der Waals surface area contributed by atoms with Gasteiger partial charge in [-0.2, -0.15) is 0 Å². The minimum Gasteiger partial charge on any atom is -0.378 e. The van der Waals surface area contributed by atoms with Gasteiger partial charge in [0.05, 0.1) is 19.1 Å². The van der Waals surface area contributed by atoms with Gasteiger partial charge < -0.3 is 14.5 Å². The van der Waals surface area contributed by atoms with Crippen LogP contribution in [0.4, 0.5) is 0 Å². The van der Waals surface area contributed by atoms with Crippen molar-refractivity contribution in [3.8, 4) is 0 Å². The maximum absolute atomic E-state index is 12.6. The number of piperidine rings is 1. The Kier molecular flexibility index (Phi) is 5.34.